The Morgan fingerprint density at radius 3 is 2.70 bits per heavy atom. The standard InChI is InChI=1S/C23H19Cl2N5O3/c24-14-5-6-17(16(25)9-14)26-21(32)15-10-18(31)27-20-19(15)22(33)29-23(28-20)30-8-7-12-3-1-2-4-13(12)11-30/h1-6,9,15H,7-8,10-11H2,(H,26,32)(H2,27,28,29,31,33)/t15-/m0/s1. The molecule has 3 aromatic rings. The lowest BCUT2D eigenvalue weighted by Crippen LogP contribution is -2.38. The Labute approximate surface area is 198 Å². The summed E-state index contributed by atoms with van der Waals surface area (Å²) in [6.45, 7) is 1.26. The van der Waals surface area contributed by atoms with Crippen LogP contribution in [0.1, 0.15) is 29.0 Å². The van der Waals surface area contributed by atoms with Crippen molar-refractivity contribution >= 4 is 52.5 Å². The van der Waals surface area contributed by atoms with E-state index in [1.54, 1.807) is 12.1 Å². The maximum atomic E-state index is 13.1. The van der Waals surface area contributed by atoms with Crippen LogP contribution in [0, 0.1) is 0 Å². The fourth-order valence-corrected chi connectivity index (χ4v) is 4.68. The van der Waals surface area contributed by atoms with Crippen LogP contribution in [0.4, 0.5) is 17.5 Å². The number of carbonyl (C=O) groups excluding carboxylic acids is 2. The van der Waals surface area contributed by atoms with Gasteiger partial charge in [0.25, 0.3) is 5.56 Å². The van der Waals surface area contributed by atoms with Gasteiger partial charge in [0, 0.05) is 24.5 Å². The fraction of sp³-hybridized carbons (Fsp3) is 0.217. The van der Waals surface area contributed by atoms with E-state index in [2.05, 4.69) is 26.7 Å². The summed E-state index contributed by atoms with van der Waals surface area (Å²) >= 11 is 12.1. The van der Waals surface area contributed by atoms with Crippen LogP contribution in [0.2, 0.25) is 10.0 Å². The van der Waals surface area contributed by atoms with Crippen LogP contribution in [0.5, 0.6) is 0 Å². The van der Waals surface area contributed by atoms with Crippen molar-refractivity contribution in [3.8, 4) is 0 Å². The molecule has 1 atom stereocenters. The average Bonchev–Trinajstić information content (AvgIpc) is 2.79. The zero-order valence-corrected chi connectivity index (χ0v) is 18.8. The van der Waals surface area contributed by atoms with Crippen molar-refractivity contribution in [1.29, 1.82) is 0 Å². The summed E-state index contributed by atoms with van der Waals surface area (Å²) in [6, 6.07) is 12.8. The number of hydrogen-bond acceptors (Lipinski definition) is 5. The summed E-state index contributed by atoms with van der Waals surface area (Å²) < 4.78 is 0. The number of H-pyrrole nitrogens is 1. The number of aromatic nitrogens is 2. The van der Waals surface area contributed by atoms with E-state index in [0.29, 0.717) is 29.7 Å². The minimum Gasteiger partial charge on any atom is -0.338 e. The molecule has 1 aromatic heterocycles. The largest absolute Gasteiger partial charge is 0.338 e. The van der Waals surface area contributed by atoms with Crippen LogP contribution >= 0.6 is 23.2 Å². The lowest BCUT2D eigenvalue weighted by atomic mass is 9.92. The normalized spacial score (nSPS) is 17.1. The van der Waals surface area contributed by atoms with Crippen LogP contribution in [0.25, 0.3) is 0 Å². The Bertz CT molecular complexity index is 1340. The maximum Gasteiger partial charge on any atom is 0.258 e. The van der Waals surface area contributed by atoms with E-state index in [0.717, 1.165) is 12.0 Å². The molecule has 3 heterocycles. The second-order valence-electron chi connectivity index (χ2n) is 8.01. The number of amides is 2. The van der Waals surface area contributed by atoms with Gasteiger partial charge in [-0.15, -0.1) is 0 Å². The summed E-state index contributed by atoms with van der Waals surface area (Å²) in [6.07, 6.45) is 0.640. The zero-order chi connectivity index (χ0) is 23.1. The monoisotopic (exact) mass is 483 g/mol. The molecule has 2 aliphatic rings. The van der Waals surface area contributed by atoms with Gasteiger partial charge in [0.1, 0.15) is 5.82 Å². The van der Waals surface area contributed by atoms with Gasteiger partial charge in [-0.05, 0) is 35.7 Å². The Hall–Kier alpha value is -3.36. The summed E-state index contributed by atoms with van der Waals surface area (Å²) in [5.74, 6) is -1.46. The predicted octanol–water partition coefficient (Wildman–Crippen LogP) is 3.70. The van der Waals surface area contributed by atoms with E-state index in [4.69, 9.17) is 23.2 Å². The maximum absolute atomic E-state index is 13.1. The SMILES string of the molecule is O=C1C[C@H](C(=O)Nc2ccc(Cl)cc2Cl)c2c(nc(N3CCc4ccccc4C3)[nH]c2=O)N1. The number of nitrogens with one attached hydrogen (secondary N) is 3. The minimum atomic E-state index is -1.01. The van der Waals surface area contributed by atoms with Crippen molar-refractivity contribution in [2.24, 2.45) is 0 Å². The molecule has 5 rings (SSSR count). The minimum absolute atomic E-state index is 0.103. The second kappa shape index (κ2) is 8.53. The van der Waals surface area contributed by atoms with Gasteiger partial charge in [-0.2, -0.15) is 4.98 Å². The highest BCUT2D eigenvalue weighted by molar-refractivity contribution is 6.36. The van der Waals surface area contributed by atoms with Gasteiger partial charge in [0.15, 0.2) is 0 Å². The number of aromatic amines is 1. The molecule has 168 valence electrons. The van der Waals surface area contributed by atoms with Gasteiger partial charge < -0.3 is 15.5 Å². The van der Waals surface area contributed by atoms with Crippen molar-refractivity contribution in [2.75, 3.05) is 22.1 Å². The number of carbonyl (C=O) groups is 2. The highest BCUT2D eigenvalue weighted by Gasteiger charge is 2.35. The molecular weight excluding hydrogens is 465 g/mol. The molecule has 0 aliphatic carbocycles. The van der Waals surface area contributed by atoms with E-state index in [1.165, 1.54) is 11.6 Å². The summed E-state index contributed by atoms with van der Waals surface area (Å²) in [4.78, 5) is 47.7. The van der Waals surface area contributed by atoms with Gasteiger partial charge in [-0.3, -0.25) is 19.4 Å². The summed E-state index contributed by atoms with van der Waals surface area (Å²) in [5.41, 5.74) is 2.42. The predicted molar refractivity (Wildman–Crippen MR) is 127 cm³/mol. The number of halogens is 2. The smallest absolute Gasteiger partial charge is 0.258 e. The van der Waals surface area contributed by atoms with Crippen LogP contribution in [-0.4, -0.2) is 28.3 Å². The topological polar surface area (TPSA) is 107 Å². The first-order chi connectivity index (χ1) is 15.9. The first kappa shape index (κ1) is 21.5. The highest BCUT2D eigenvalue weighted by Crippen LogP contribution is 2.32. The molecule has 0 saturated carbocycles. The third-order valence-electron chi connectivity index (χ3n) is 5.87. The Morgan fingerprint density at radius 1 is 1.12 bits per heavy atom. The molecule has 2 amide bonds. The molecule has 3 N–H and O–H groups in total. The van der Waals surface area contributed by atoms with E-state index in [-0.39, 0.29) is 22.8 Å². The Morgan fingerprint density at radius 2 is 1.91 bits per heavy atom. The molecule has 0 spiro atoms. The quantitative estimate of drug-likeness (QED) is 0.526. The van der Waals surface area contributed by atoms with Crippen molar-refractivity contribution in [3.05, 3.63) is 79.6 Å². The van der Waals surface area contributed by atoms with Crippen LogP contribution in [0.3, 0.4) is 0 Å². The van der Waals surface area contributed by atoms with Crippen LogP contribution in [0.15, 0.2) is 47.3 Å². The lowest BCUT2D eigenvalue weighted by Gasteiger charge is -2.30. The third-order valence-corrected chi connectivity index (χ3v) is 6.42. The molecule has 0 fully saturated rings. The number of rotatable bonds is 3. The van der Waals surface area contributed by atoms with E-state index in [9.17, 15) is 14.4 Å². The first-order valence-electron chi connectivity index (χ1n) is 10.4. The molecule has 0 bridgehead atoms. The number of anilines is 3. The molecule has 8 nitrogen and oxygen atoms in total. The van der Waals surface area contributed by atoms with Gasteiger partial charge in [0.2, 0.25) is 17.8 Å². The molecule has 2 aliphatic heterocycles. The lowest BCUT2D eigenvalue weighted by molar-refractivity contribution is -0.123. The summed E-state index contributed by atoms with van der Waals surface area (Å²) in [7, 11) is 0. The first-order valence-corrected chi connectivity index (χ1v) is 11.2. The van der Waals surface area contributed by atoms with E-state index in [1.807, 2.05) is 23.1 Å². The van der Waals surface area contributed by atoms with Gasteiger partial charge >= 0.3 is 0 Å². The number of fused-ring (bicyclic) bond motifs is 2. The van der Waals surface area contributed by atoms with Crippen molar-refractivity contribution in [3.63, 3.8) is 0 Å². The van der Waals surface area contributed by atoms with Gasteiger partial charge in [-0.25, -0.2) is 0 Å². The average molecular weight is 484 g/mol. The van der Waals surface area contributed by atoms with E-state index >= 15 is 0 Å². The molecule has 2 aromatic carbocycles. The van der Waals surface area contributed by atoms with Crippen molar-refractivity contribution < 1.29 is 9.59 Å². The van der Waals surface area contributed by atoms with Crippen LogP contribution < -0.4 is 21.1 Å². The molecule has 0 saturated heterocycles. The van der Waals surface area contributed by atoms with Gasteiger partial charge in [-0.1, -0.05) is 47.5 Å². The fourth-order valence-electron chi connectivity index (χ4n) is 4.22. The molecule has 10 heteroatoms. The number of hydrogen-bond donors (Lipinski definition) is 3. The van der Waals surface area contributed by atoms with Crippen molar-refractivity contribution in [2.45, 2.75) is 25.3 Å². The Balaban J connectivity index is 1.45. The van der Waals surface area contributed by atoms with E-state index < -0.39 is 23.3 Å². The zero-order valence-electron chi connectivity index (χ0n) is 17.3. The molecule has 0 unspecified atom stereocenters. The Kier molecular flexibility index (Phi) is 5.55. The third kappa shape index (κ3) is 4.19. The summed E-state index contributed by atoms with van der Waals surface area (Å²) in [5, 5.41) is 6.01. The molecule has 0 radical (unpaired) electrons. The number of nitrogens with zero attached hydrogens (tertiary/aromatic N) is 2. The second-order valence-corrected chi connectivity index (χ2v) is 8.85. The number of benzene rings is 2. The van der Waals surface area contributed by atoms with Crippen LogP contribution in [-0.2, 0) is 22.6 Å². The molecule has 33 heavy (non-hydrogen) atoms. The highest BCUT2D eigenvalue weighted by atomic mass is 35.5. The van der Waals surface area contributed by atoms with Crippen molar-refractivity contribution in [1.82, 2.24) is 9.97 Å². The van der Waals surface area contributed by atoms with Gasteiger partial charge in [0.05, 0.1) is 22.2 Å². The molecular formula is C23H19Cl2N5O3.